The van der Waals surface area contributed by atoms with Gasteiger partial charge in [-0.2, -0.15) is 8.97 Å². The normalized spacial score (nSPS) is 11.5. The van der Waals surface area contributed by atoms with Crippen molar-refractivity contribution in [3.05, 3.63) is 162 Å². The molecule has 0 amide bonds. The van der Waals surface area contributed by atoms with Gasteiger partial charge in [0.2, 0.25) is 0 Å². The third-order valence-corrected chi connectivity index (χ3v) is 7.99. The standard InChI is InChI=1S/C38H25N2O/c41-38-31-24-14-13-23-30(31)35-34(27-17-7-2-8-18-27)32(26-15-5-1-6-16-26)25-33-36(35)40(38)37(28-19-9-3-10-20-28)39(33)29-21-11-4-12-22-29/h1-25H/q+1. The minimum Gasteiger partial charge on any atom is -0.240 e. The maximum absolute atomic E-state index is 14.5. The van der Waals surface area contributed by atoms with Crippen molar-refractivity contribution in [2.75, 3.05) is 0 Å². The van der Waals surface area contributed by atoms with Crippen LogP contribution in [-0.4, -0.2) is 4.40 Å². The highest BCUT2D eigenvalue weighted by Crippen LogP contribution is 2.43. The Hall–Kier alpha value is -5.54. The molecule has 192 valence electrons. The Bertz CT molecular complexity index is 2240. The summed E-state index contributed by atoms with van der Waals surface area (Å²) in [4.78, 5) is 14.5. The van der Waals surface area contributed by atoms with Gasteiger partial charge in [-0.05, 0) is 53.1 Å². The van der Waals surface area contributed by atoms with Crippen molar-refractivity contribution >= 4 is 27.2 Å². The van der Waals surface area contributed by atoms with Crippen LogP contribution in [0.25, 0.3) is 66.5 Å². The van der Waals surface area contributed by atoms with E-state index in [2.05, 4.69) is 95.6 Å². The summed E-state index contributed by atoms with van der Waals surface area (Å²) in [7, 11) is 0. The summed E-state index contributed by atoms with van der Waals surface area (Å²) < 4.78 is 4.19. The monoisotopic (exact) mass is 525 g/mol. The molecule has 0 radical (unpaired) electrons. The molecule has 8 aromatic rings. The number of hydrogen-bond acceptors (Lipinski definition) is 1. The quantitative estimate of drug-likeness (QED) is 0.168. The molecule has 41 heavy (non-hydrogen) atoms. The topological polar surface area (TPSA) is 25.4 Å². The van der Waals surface area contributed by atoms with Gasteiger partial charge in [0, 0.05) is 16.3 Å². The Balaban J connectivity index is 1.72. The first-order chi connectivity index (χ1) is 20.3. The highest BCUT2D eigenvalue weighted by atomic mass is 16.1. The Morgan fingerprint density at radius 3 is 1.66 bits per heavy atom. The Morgan fingerprint density at radius 1 is 0.512 bits per heavy atom. The molecule has 0 aliphatic heterocycles. The van der Waals surface area contributed by atoms with Gasteiger partial charge >= 0.3 is 11.4 Å². The van der Waals surface area contributed by atoms with Crippen LogP contribution in [0.3, 0.4) is 0 Å². The summed E-state index contributed by atoms with van der Waals surface area (Å²) in [5.74, 6) is 0.844. The van der Waals surface area contributed by atoms with Crippen LogP contribution in [-0.2, 0) is 0 Å². The first-order valence-corrected chi connectivity index (χ1v) is 13.8. The summed E-state index contributed by atoms with van der Waals surface area (Å²) in [5.41, 5.74) is 8.40. The molecule has 2 aromatic heterocycles. The molecule has 2 heterocycles. The fourth-order valence-corrected chi connectivity index (χ4v) is 6.28. The minimum atomic E-state index is -0.0156. The Morgan fingerprint density at radius 2 is 1.02 bits per heavy atom. The zero-order valence-corrected chi connectivity index (χ0v) is 22.2. The van der Waals surface area contributed by atoms with E-state index in [1.807, 2.05) is 65.1 Å². The first kappa shape index (κ1) is 23.4. The summed E-state index contributed by atoms with van der Waals surface area (Å²) in [6.07, 6.45) is 0. The lowest BCUT2D eigenvalue weighted by Gasteiger charge is -2.14. The molecule has 0 N–H and O–H groups in total. The molecule has 3 heteroatoms. The molecule has 0 fully saturated rings. The van der Waals surface area contributed by atoms with Crippen LogP contribution in [0.1, 0.15) is 0 Å². The van der Waals surface area contributed by atoms with Crippen LogP contribution in [0, 0.1) is 0 Å². The largest absolute Gasteiger partial charge is 0.347 e. The zero-order valence-electron chi connectivity index (χ0n) is 22.2. The molecule has 0 aliphatic carbocycles. The molecule has 0 spiro atoms. The number of imidazole rings is 1. The second-order valence-corrected chi connectivity index (χ2v) is 10.3. The van der Waals surface area contributed by atoms with Crippen LogP contribution in [0.4, 0.5) is 0 Å². The highest BCUT2D eigenvalue weighted by molar-refractivity contribution is 6.20. The van der Waals surface area contributed by atoms with Gasteiger partial charge in [0.1, 0.15) is 5.69 Å². The first-order valence-electron chi connectivity index (χ1n) is 13.8. The predicted molar refractivity (Wildman–Crippen MR) is 168 cm³/mol. The number of fused-ring (bicyclic) bond motifs is 2. The molecule has 0 saturated carbocycles. The maximum Gasteiger partial charge on any atom is 0.347 e. The van der Waals surface area contributed by atoms with Gasteiger partial charge in [-0.25, -0.2) is 4.79 Å². The van der Waals surface area contributed by atoms with Gasteiger partial charge in [-0.3, -0.25) is 0 Å². The van der Waals surface area contributed by atoms with E-state index < -0.39 is 0 Å². The maximum atomic E-state index is 14.5. The minimum absolute atomic E-state index is 0.0156. The summed E-state index contributed by atoms with van der Waals surface area (Å²) in [6, 6.07) is 52.0. The molecular weight excluding hydrogens is 500 g/mol. The third kappa shape index (κ3) is 3.53. The predicted octanol–water partition coefficient (Wildman–Crippen LogP) is 8.32. The zero-order chi connectivity index (χ0) is 27.3. The van der Waals surface area contributed by atoms with Crippen LogP contribution in [0.15, 0.2) is 156 Å². The van der Waals surface area contributed by atoms with Crippen molar-refractivity contribution in [3.63, 3.8) is 0 Å². The number of rotatable bonds is 4. The molecule has 6 aromatic carbocycles. The number of benzene rings is 6. The molecule has 0 atom stereocenters. The van der Waals surface area contributed by atoms with E-state index in [4.69, 9.17) is 0 Å². The van der Waals surface area contributed by atoms with Gasteiger partial charge in [-0.1, -0.05) is 115 Å². The van der Waals surface area contributed by atoms with E-state index in [1.54, 1.807) is 0 Å². The second-order valence-electron chi connectivity index (χ2n) is 10.3. The van der Waals surface area contributed by atoms with E-state index >= 15 is 0 Å². The number of hydrogen-bond donors (Lipinski definition) is 0. The van der Waals surface area contributed by atoms with Crippen LogP contribution in [0.2, 0.25) is 0 Å². The average molecular weight is 526 g/mol. The Labute approximate surface area is 237 Å². The Kier molecular flexibility index (Phi) is 5.29. The van der Waals surface area contributed by atoms with Crippen LogP contribution in [0.5, 0.6) is 0 Å². The smallest absolute Gasteiger partial charge is 0.240 e. The van der Waals surface area contributed by atoms with Gasteiger partial charge in [0.05, 0.1) is 10.9 Å². The van der Waals surface area contributed by atoms with Crippen molar-refractivity contribution in [1.82, 2.24) is 4.40 Å². The number of para-hydroxylation sites is 1. The average Bonchev–Trinajstić information content (AvgIpc) is 3.40. The van der Waals surface area contributed by atoms with E-state index in [0.717, 1.165) is 61.1 Å². The van der Waals surface area contributed by atoms with E-state index in [0.29, 0.717) is 5.39 Å². The SMILES string of the molecule is O=c1c2ccccc2c2c(-c3ccccc3)c(-c3ccccc3)cc3c2n1c(-c1ccccc1)[n+]3-c1ccccc1. The number of aromatic nitrogens is 2. The van der Waals surface area contributed by atoms with Gasteiger partial charge < -0.3 is 0 Å². The lowest BCUT2D eigenvalue weighted by Crippen LogP contribution is -2.33. The highest BCUT2D eigenvalue weighted by Gasteiger charge is 2.33. The van der Waals surface area contributed by atoms with Crippen molar-refractivity contribution < 1.29 is 4.57 Å². The summed E-state index contributed by atoms with van der Waals surface area (Å²) >= 11 is 0. The van der Waals surface area contributed by atoms with E-state index in [-0.39, 0.29) is 5.56 Å². The fourth-order valence-electron chi connectivity index (χ4n) is 6.28. The molecular formula is C38H25N2O+. The number of pyridine rings is 1. The van der Waals surface area contributed by atoms with E-state index in [1.165, 1.54) is 0 Å². The van der Waals surface area contributed by atoms with Crippen molar-refractivity contribution in [3.8, 4) is 39.3 Å². The molecule has 0 unspecified atom stereocenters. The second kappa shape index (κ2) is 9.29. The van der Waals surface area contributed by atoms with Crippen molar-refractivity contribution in [1.29, 1.82) is 0 Å². The van der Waals surface area contributed by atoms with Gasteiger partial charge in [-0.15, -0.1) is 0 Å². The number of nitrogens with zero attached hydrogens (tertiary/aromatic N) is 2. The summed E-state index contributed by atoms with van der Waals surface area (Å²) in [6.45, 7) is 0. The lowest BCUT2D eigenvalue weighted by atomic mass is 9.88. The van der Waals surface area contributed by atoms with Crippen molar-refractivity contribution in [2.45, 2.75) is 0 Å². The van der Waals surface area contributed by atoms with Crippen LogP contribution >= 0.6 is 0 Å². The van der Waals surface area contributed by atoms with Crippen LogP contribution < -0.4 is 10.1 Å². The van der Waals surface area contributed by atoms with Crippen molar-refractivity contribution in [2.24, 2.45) is 0 Å². The molecule has 0 saturated heterocycles. The molecule has 0 aliphatic rings. The summed E-state index contributed by atoms with van der Waals surface area (Å²) in [5, 5.41) is 2.75. The molecule has 3 nitrogen and oxygen atoms in total. The van der Waals surface area contributed by atoms with E-state index in [9.17, 15) is 4.79 Å². The molecule has 8 rings (SSSR count). The third-order valence-electron chi connectivity index (χ3n) is 7.99. The van der Waals surface area contributed by atoms with Gasteiger partial charge in [0.15, 0.2) is 11.0 Å². The lowest BCUT2D eigenvalue weighted by molar-refractivity contribution is -0.555. The fraction of sp³-hybridized carbons (Fsp3) is 0. The van der Waals surface area contributed by atoms with Gasteiger partial charge in [0.25, 0.3) is 0 Å². The molecule has 0 bridgehead atoms.